The highest BCUT2D eigenvalue weighted by Crippen LogP contribution is 2.21. The van der Waals surface area contributed by atoms with Crippen molar-refractivity contribution in [2.24, 2.45) is 4.99 Å². The van der Waals surface area contributed by atoms with E-state index in [1.807, 2.05) is 19.1 Å². The van der Waals surface area contributed by atoms with Gasteiger partial charge < -0.3 is 15.5 Å². The predicted octanol–water partition coefficient (Wildman–Crippen LogP) is 2.33. The summed E-state index contributed by atoms with van der Waals surface area (Å²) in [6.45, 7) is 4.27. The van der Waals surface area contributed by atoms with Crippen molar-refractivity contribution in [3.63, 3.8) is 0 Å². The van der Waals surface area contributed by atoms with E-state index in [1.165, 1.54) is 38.4 Å². The number of guanidine groups is 1. The van der Waals surface area contributed by atoms with Crippen molar-refractivity contribution in [1.82, 2.24) is 15.5 Å². The average Bonchev–Trinajstić information content (AvgIpc) is 2.64. The van der Waals surface area contributed by atoms with Crippen LogP contribution in [0.25, 0.3) is 0 Å². The van der Waals surface area contributed by atoms with Gasteiger partial charge >= 0.3 is 0 Å². The normalized spacial score (nSPS) is 16.6. The molecule has 27 heavy (non-hydrogen) atoms. The number of likely N-dealkylation sites (N-methyl/N-ethyl adjacent to an activating group) is 1. The molecule has 7 heteroatoms. The predicted molar refractivity (Wildman–Crippen MR) is 112 cm³/mol. The van der Waals surface area contributed by atoms with Gasteiger partial charge in [-0.3, -0.25) is 4.99 Å². The van der Waals surface area contributed by atoms with E-state index < -0.39 is 9.84 Å². The lowest BCUT2D eigenvalue weighted by atomic mass is 9.94. The van der Waals surface area contributed by atoms with Crippen molar-refractivity contribution in [2.75, 3.05) is 33.4 Å². The molecule has 0 unspecified atom stereocenters. The third-order valence-corrected chi connectivity index (χ3v) is 6.53. The van der Waals surface area contributed by atoms with E-state index in [1.54, 1.807) is 13.1 Å². The van der Waals surface area contributed by atoms with Crippen molar-refractivity contribution < 1.29 is 8.42 Å². The monoisotopic (exact) mass is 394 g/mol. The van der Waals surface area contributed by atoms with Crippen molar-refractivity contribution in [3.05, 3.63) is 29.3 Å². The van der Waals surface area contributed by atoms with Gasteiger partial charge in [0.05, 0.1) is 4.90 Å². The molecule has 0 aliphatic heterocycles. The van der Waals surface area contributed by atoms with E-state index in [0.29, 0.717) is 17.5 Å². The molecule has 1 saturated carbocycles. The Hall–Kier alpha value is -1.60. The molecule has 2 N–H and O–H groups in total. The van der Waals surface area contributed by atoms with Gasteiger partial charge in [-0.05, 0) is 44.0 Å². The highest BCUT2D eigenvalue weighted by atomic mass is 32.2. The Kier molecular flexibility index (Phi) is 8.10. The fraction of sp³-hybridized carbons (Fsp3) is 0.650. The standard InChI is InChI=1S/C20H34N4O2S/c1-16-14-17(10-11-19(16)27(4,25)26)15-23-20(21-2)22-12-13-24(3)18-8-6-5-7-9-18/h10-11,14,18H,5-9,12-13,15H2,1-4H3,(H2,21,22,23). The zero-order valence-corrected chi connectivity index (χ0v) is 17.9. The number of aliphatic imine (C=N–C) groups is 1. The minimum atomic E-state index is -3.18. The van der Waals surface area contributed by atoms with Crippen LogP contribution in [0.3, 0.4) is 0 Å². The summed E-state index contributed by atoms with van der Waals surface area (Å²) in [7, 11) is 0.793. The summed E-state index contributed by atoms with van der Waals surface area (Å²) in [6, 6.07) is 6.15. The first-order valence-corrected chi connectivity index (χ1v) is 11.6. The van der Waals surface area contributed by atoms with E-state index in [4.69, 9.17) is 0 Å². The number of sulfone groups is 1. The van der Waals surface area contributed by atoms with Gasteiger partial charge in [0.1, 0.15) is 0 Å². The van der Waals surface area contributed by atoms with Crippen molar-refractivity contribution in [3.8, 4) is 0 Å². The molecular formula is C20H34N4O2S. The number of nitrogens with zero attached hydrogens (tertiary/aromatic N) is 2. The Morgan fingerprint density at radius 1 is 1.22 bits per heavy atom. The lowest BCUT2D eigenvalue weighted by molar-refractivity contribution is 0.194. The maximum atomic E-state index is 11.7. The summed E-state index contributed by atoms with van der Waals surface area (Å²) in [5, 5.41) is 6.66. The second-order valence-corrected chi connectivity index (χ2v) is 9.48. The summed E-state index contributed by atoms with van der Waals surface area (Å²) >= 11 is 0. The topological polar surface area (TPSA) is 73.8 Å². The zero-order chi connectivity index (χ0) is 19.9. The van der Waals surface area contributed by atoms with E-state index in [0.717, 1.165) is 30.2 Å². The van der Waals surface area contributed by atoms with Crippen molar-refractivity contribution in [2.45, 2.75) is 56.5 Å². The summed E-state index contributed by atoms with van der Waals surface area (Å²) in [5.41, 5.74) is 1.80. The van der Waals surface area contributed by atoms with Gasteiger partial charge in [0.25, 0.3) is 0 Å². The van der Waals surface area contributed by atoms with Crippen molar-refractivity contribution in [1.29, 1.82) is 0 Å². The van der Waals surface area contributed by atoms with Crippen LogP contribution in [-0.4, -0.2) is 58.8 Å². The lowest BCUT2D eigenvalue weighted by Crippen LogP contribution is -2.43. The maximum Gasteiger partial charge on any atom is 0.191 e. The van der Waals surface area contributed by atoms with E-state index in [-0.39, 0.29) is 0 Å². The molecule has 0 radical (unpaired) electrons. The molecule has 0 spiro atoms. The molecule has 0 aromatic heterocycles. The third kappa shape index (κ3) is 6.81. The molecule has 0 bridgehead atoms. The fourth-order valence-electron chi connectivity index (χ4n) is 3.70. The van der Waals surface area contributed by atoms with Gasteiger partial charge in [0.2, 0.25) is 0 Å². The van der Waals surface area contributed by atoms with Gasteiger partial charge in [-0.15, -0.1) is 0 Å². The van der Waals surface area contributed by atoms with Crippen LogP contribution in [0.2, 0.25) is 0 Å². The summed E-state index contributed by atoms with van der Waals surface area (Å²) < 4.78 is 23.4. The summed E-state index contributed by atoms with van der Waals surface area (Å²) in [4.78, 5) is 7.11. The summed E-state index contributed by atoms with van der Waals surface area (Å²) in [6.07, 6.45) is 7.94. The largest absolute Gasteiger partial charge is 0.355 e. The molecule has 1 aliphatic carbocycles. The minimum Gasteiger partial charge on any atom is -0.355 e. The van der Waals surface area contributed by atoms with Gasteiger partial charge in [0.15, 0.2) is 15.8 Å². The molecule has 152 valence electrons. The van der Waals surface area contributed by atoms with Gasteiger partial charge in [0, 0.05) is 39.0 Å². The number of rotatable bonds is 7. The second kappa shape index (κ2) is 10.1. The quantitative estimate of drug-likeness (QED) is 0.548. The minimum absolute atomic E-state index is 0.388. The average molecular weight is 395 g/mol. The van der Waals surface area contributed by atoms with Crippen LogP contribution < -0.4 is 10.6 Å². The molecule has 0 heterocycles. The van der Waals surface area contributed by atoms with E-state index >= 15 is 0 Å². The number of nitrogens with one attached hydrogen (secondary N) is 2. The molecule has 2 rings (SSSR count). The van der Waals surface area contributed by atoms with Crippen LogP contribution >= 0.6 is 0 Å². The van der Waals surface area contributed by atoms with Crippen molar-refractivity contribution >= 4 is 15.8 Å². The number of benzene rings is 1. The Labute approximate surface area is 164 Å². The first kappa shape index (κ1) is 21.7. The van der Waals surface area contributed by atoms with Crippen LogP contribution in [0.4, 0.5) is 0 Å². The molecular weight excluding hydrogens is 360 g/mol. The Bertz CT molecular complexity index is 740. The third-order valence-electron chi connectivity index (χ3n) is 5.28. The number of hydrogen-bond acceptors (Lipinski definition) is 4. The Balaban J connectivity index is 1.79. The maximum absolute atomic E-state index is 11.7. The molecule has 1 aliphatic rings. The van der Waals surface area contributed by atoms with E-state index in [2.05, 4.69) is 27.6 Å². The fourth-order valence-corrected chi connectivity index (χ4v) is 4.66. The molecule has 1 aromatic carbocycles. The highest BCUT2D eigenvalue weighted by Gasteiger charge is 2.17. The lowest BCUT2D eigenvalue weighted by Gasteiger charge is -2.31. The molecule has 0 amide bonds. The first-order chi connectivity index (χ1) is 12.8. The molecule has 0 saturated heterocycles. The molecule has 0 atom stereocenters. The van der Waals surface area contributed by atoms with Gasteiger partial charge in [-0.2, -0.15) is 0 Å². The zero-order valence-electron chi connectivity index (χ0n) is 17.1. The smallest absolute Gasteiger partial charge is 0.191 e. The van der Waals surface area contributed by atoms with Crippen LogP contribution in [0, 0.1) is 6.92 Å². The highest BCUT2D eigenvalue weighted by molar-refractivity contribution is 7.90. The van der Waals surface area contributed by atoms with Gasteiger partial charge in [-0.25, -0.2) is 8.42 Å². The summed E-state index contributed by atoms with van der Waals surface area (Å²) in [5.74, 6) is 0.761. The van der Waals surface area contributed by atoms with Crippen LogP contribution in [0.5, 0.6) is 0 Å². The Morgan fingerprint density at radius 3 is 2.52 bits per heavy atom. The molecule has 6 nitrogen and oxygen atoms in total. The Morgan fingerprint density at radius 2 is 1.93 bits per heavy atom. The molecule has 1 aromatic rings. The van der Waals surface area contributed by atoms with Crippen LogP contribution in [0.15, 0.2) is 28.1 Å². The SMILES string of the molecule is CN=C(NCCN(C)C1CCCCC1)NCc1ccc(S(C)(=O)=O)c(C)c1. The van der Waals surface area contributed by atoms with Gasteiger partial charge in [-0.1, -0.05) is 31.4 Å². The first-order valence-electron chi connectivity index (χ1n) is 9.75. The van der Waals surface area contributed by atoms with Crippen LogP contribution in [0.1, 0.15) is 43.2 Å². The van der Waals surface area contributed by atoms with E-state index in [9.17, 15) is 8.42 Å². The second-order valence-electron chi connectivity index (χ2n) is 7.50. The molecule has 1 fully saturated rings. The number of hydrogen-bond donors (Lipinski definition) is 2. The van der Waals surface area contributed by atoms with Crippen LogP contribution in [-0.2, 0) is 16.4 Å². The number of aryl methyl sites for hydroxylation is 1.